The molecule has 3 atom stereocenters. The second-order valence-corrected chi connectivity index (χ2v) is 8.84. The monoisotopic (exact) mass is 501 g/mol. The standard InChI is InChI=1S/C21H21F6N7O/c1-11-15(22)18(29-10-28-11)33-7-12-4-5-13(8-33)16(12)30-19-31-17-14(3-2-6-34(17)32-19)35-9-20(23,24)21(25,26)27/h2-3,6,10,12-13,16H,4-5,7-9H2,1H3,(H,30,32)/t12-,13?,16-/m0/s1. The van der Waals surface area contributed by atoms with Crippen molar-refractivity contribution < 1.29 is 31.1 Å². The van der Waals surface area contributed by atoms with Crippen molar-refractivity contribution in [3.8, 4) is 5.75 Å². The molecule has 0 spiro atoms. The second kappa shape index (κ2) is 8.41. The van der Waals surface area contributed by atoms with Crippen LogP contribution in [0.4, 0.5) is 38.1 Å². The number of nitrogens with one attached hydrogen (secondary N) is 1. The lowest BCUT2D eigenvalue weighted by Crippen LogP contribution is -2.48. The van der Waals surface area contributed by atoms with Gasteiger partial charge in [-0.3, -0.25) is 0 Å². The van der Waals surface area contributed by atoms with Crippen LogP contribution in [0.5, 0.6) is 5.75 Å². The largest absolute Gasteiger partial charge is 0.483 e. The van der Waals surface area contributed by atoms with Crippen molar-refractivity contribution in [1.29, 1.82) is 0 Å². The smallest absolute Gasteiger partial charge is 0.456 e. The molecule has 188 valence electrons. The molecule has 1 saturated heterocycles. The van der Waals surface area contributed by atoms with E-state index in [1.165, 1.54) is 29.2 Å². The van der Waals surface area contributed by atoms with Crippen molar-refractivity contribution in [3.05, 3.63) is 36.2 Å². The van der Waals surface area contributed by atoms with Crippen LogP contribution in [0.25, 0.3) is 5.65 Å². The molecule has 1 aliphatic heterocycles. The van der Waals surface area contributed by atoms with E-state index in [0.717, 1.165) is 12.8 Å². The maximum atomic E-state index is 14.5. The van der Waals surface area contributed by atoms with Crippen LogP contribution < -0.4 is 15.0 Å². The highest BCUT2D eigenvalue weighted by Gasteiger charge is 2.58. The van der Waals surface area contributed by atoms with Gasteiger partial charge in [-0.2, -0.15) is 26.9 Å². The van der Waals surface area contributed by atoms with Crippen LogP contribution >= 0.6 is 0 Å². The lowest BCUT2D eigenvalue weighted by molar-refractivity contribution is -0.289. The van der Waals surface area contributed by atoms with E-state index in [1.54, 1.807) is 6.92 Å². The fourth-order valence-corrected chi connectivity index (χ4v) is 4.75. The van der Waals surface area contributed by atoms with Crippen LogP contribution in [-0.4, -0.2) is 62.4 Å². The summed E-state index contributed by atoms with van der Waals surface area (Å²) in [5, 5.41) is 7.54. The molecule has 0 amide bonds. The van der Waals surface area contributed by atoms with E-state index in [-0.39, 0.29) is 46.7 Å². The third-order valence-electron chi connectivity index (χ3n) is 6.52. The SMILES string of the molecule is Cc1ncnc(N2CC3CC[C@@H](C2)[C@@H]3Nc2nc3c(OCC(F)(F)C(F)(F)F)cccn3n2)c1F. The molecular weight excluding hydrogens is 480 g/mol. The van der Waals surface area contributed by atoms with Crippen LogP contribution in [0.3, 0.4) is 0 Å². The van der Waals surface area contributed by atoms with Gasteiger partial charge in [-0.25, -0.2) is 18.9 Å². The van der Waals surface area contributed by atoms with Crippen molar-refractivity contribution >= 4 is 17.4 Å². The summed E-state index contributed by atoms with van der Waals surface area (Å²) < 4.78 is 84.5. The molecule has 2 aliphatic rings. The van der Waals surface area contributed by atoms with Crippen molar-refractivity contribution in [2.45, 2.75) is 37.9 Å². The average molecular weight is 501 g/mol. The molecule has 3 aromatic rings. The van der Waals surface area contributed by atoms with Crippen LogP contribution in [0.15, 0.2) is 24.7 Å². The first kappa shape index (κ1) is 23.4. The van der Waals surface area contributed by atoms with E-state index >= 15 is 0 Å². The van der Waals surface area contributed by atoms with Gasteiger partial charge in [0, 0.05) is 25.3 Å². The zero-order chi connectivity index (χ0) is 25.0. The molecule has 4 heterocycles. The van der Waals surface area contributed by atoms with E-state index in [2.05, 4.69) is 25.4 Å². The molecule has 1 saturated carbocycles. The first-order chi connectivity index (χ1) is 16.5. The molecule has 2 bridgehead atoms. The molecule has 2 fully saturated rings. The quantitative estimate of drug-likeness (QED) is 0.514. The van der Waals surface area contributed by atoms with Crippen molar-refractivity contribution in [2.75, 3.05) is 29.9 Å². The number of aryl methyl sites for hydroxylation is 1. The fourth-order valence-electron chi connectivity index (χ4n) is 4.75. The van der Waals surface area contributed by atoms with Gasteiger partial charge in [-0.1, -0.05) is 0 Å². The molecule has 0 radical (unpaired) electrons. The van der Waals surface area contributed by atoms with E-state index in [9.17, 15) is 26.3 Å². The summed E-state index contributed by atoms with van der Waals surface area (Å²) >= 11 is 0. The summed E-state index contributed by atoms with van der Waals surface area (Å²) in [5.74, 6) is -4.92. The number of hydrogen-bond donors (Lipinski definition) is 1. The predicted molar refractivity (Wildman–Crippen MR) is 112 cm³/mol. The lowest BCUT2D eigenvalue weighted by Gasteiger charge is -2.38. The number of piperidine rings is 1. The Morgan fingerprint density at radius 3 is 2.51 bits per heavy atom. The fraction of sp³-hybridized carbons (Fsp3) is 0.524. The number of anilines is 2. The van der Waals surface area contributed by atoms with Gasteiger partial charge in [-0.05, 0) is 43.7 Å². The number of rotatable bonds is 6. The molecule has 0 aromatic carbocycles. The minimum absolute atomic E-state index is 0.0105. The van der Waals surface area contributed by atoms with Crippen molar-refractivity contribution in [3.63, 3.8) is 0 Å². The summed E-state index contributed by atoms with van der Waals surface area (Å²) in [6.07, 6.45) is -1.10. The number of alkyl halides is 5. The molecule has 3 aromatic heterocycles. The van der Waals surface area contributed by atoms with E-state index in [4.69, 9.17) is 4.74 Å². The lowest BCUT2D eigenvalue weighted by atomic mass is 9.92. The summed E-state index contributed by atoms with van der Waals surface area (Å²) in [6, 6.07) is 2.64. The van der Waals surface area contributed by atoms with E-state index in [0.29, 0.717) is 13.1 Å². The number of fused-ring (bicyclic) bond motifs is 3. The Balaban J connectivity index is 1.31. The second-order valence-electron chi connectivity index (χ2n) is 8.84. The molecule has 14 heteroatoms. The molecule has 1 aliphatic carbocycles. The minimum Gasteiger partial charge on any atom is -0.483 e. The number of ether oxygens (including phenoxy) is 1. The highest BCUT2D eigenvalue weighted by molar-refractivity contribution is 5.56. The summed E-state index contributed by atoms with van der Waals surface area (Å²) in [5.41, 5.74) is 0.291. The maximum Gasteiger partial charge on any atom is 0.456 e. The minimum atomic E-state index is -5.72. The maximum absolute atomic E-state index is 14.5. The number of pyridine rings is 1. The van der Waals surface area contributed by atoms with Gasteiger partial charge >= 0.3 is 12.1 Å². The third-order valence-corrected chi connectivity index (χ3v) is 6.52. The summed E-state index contributed by atoms with van der Waals surface area (Å²) in [6.45, 7) is 0.847. The van der Waals surface area contributed by atoms with Crippen LogP contribution in [-0.2, 0) is 0 Å². The molecule has 1 N–H and O–H groups in total. The highest BCUT2D eigenvalue weighted by Crippen LogP contribution is 2.40. The number of nitrogens with zero attached hydrogens (tertiary/aromatic N) is 6. The summed E-state index contributed by atoms with van der Waals surface area (Å²) in [7, 11) is 0. The average Bonchev–Trinajstić information content (AvgIpc) is 3.30. The Kier molecular flexibility index (Phi) is 5.63. The van der Waals surface area contributed by atoms with Gasteiger partial charge in [0.1, 0.15) is 6.33 Å². The number of halogens is 6. The van der Waals surface area contributed by atoms with Crippen molar-refractivity contribution in [1.82, 2.24) is 24.6 Å². The molecule has 8 nitrogen and oxygen atoms in total. The molecule has 35 heavy (non-hydrogen) atoms. The zero-order valence-corrected chi connectivity index (χ0v) is 18.4. The van der Waals surface area contributed by atoms with E-state index < -0.39 is 24.5 Å². The normalized spacial score (nSPS) is 22.6. The van der Waals surface area contributed by atoms with Crippen LogP contribution in [0, 0.1) is 24.6 Å². The van der Waals surface area contributed by atoms with Gasteiger partial charge in [0.15, 0.2) is 29.6 Å². The Hall–Kier alpha value is -3.32. The van der Waals surface area contributed by atoms with Crippen LogP contribution in [0.1, 0.15) is 18.5 Å². The van der Waals surface area contributed by atoms with Gasteiger partial charge in [0.25, 0.3) is 0 Å². The number of hydrogen-bond acceptors (Lipinski definition) is 7. The Bertz CT molecular complexity index is 1220. The molecule has 5 rings (SSSR count). The Labute approximate surface area is 195 Å². The highest BCUT2D eigenvalue weighted by atomic mass is 19.4. The predicted octanol–water partition coefficient (Wildman–Crippen LogP) is 3.87. The van der Waals surface area contributed by atoms with Gasteiger partial charge in [0.2, 0.25) is 5.95 Å². The Morgan fingerprint density at radius 2 is 1.83 bits per heavy atom. The van der Waals surface area contributed by atoms with Gasteiger partial charge in [-0.15, -0.1) is 5.10 Å². The third kappa shape index (κ3) is 4.29. The molecular formula is C21H21F6N7O. The van der Waals surface area contributed by atoms with Crippen molar-refractivity contribution in [2.24, 2.45) is 11.8 Å². The molecule has 1 unspecified atom stereocenters. The van der Waals surface area contributed by atoms with E-state index in [1.807, 2.05) is 4.90 Å². The number of aromatic nitrogens is 5. The van der Waals surface area contributed by atoms with Crippen LogP contribution in [0.2, 0.25) is 0 Å². The first-order valence-corrected chi connectivity index (χ1v) is 10.9. The zero-order valence-electron chi connectivity index (χ0n) is 18.4. The van der Waals surface area contributed by atoms with Gasteiger partial charge in [0.05, 0.1) is 5.69 Å². The summed E-state index contributed by atoms with van der Waals surface area (Å²) in [4.78, 5) is 14.2. The van der Waals surface area contributed by atoms with Gasteiger partial charge < -0.3 is 15.0 Å². The Morgan fingerprint density at radius 1 is 1.11 bits per heavy atom. The first-order valence-electron chi connectivity index (χ1n) is 10.9. The topological polar surface area (TPSA) is 80.5 Å².